The van der Waals surface area contributed by atoms with Gasteiger partial charge in [-0.05, 0) is 38.3 Å². The highest BCUT2D eigenvalue weighted by atomic mass is 16.5. The maximum Gasteiger partial charge on any atom is 0.261 e. The Bertz CT molecular complexity index is 434. The molecule has 0 radical (unpaired) electrons. The number of rotatable bonds is 6. The normalized spacial score (nSPS) is 19.2. The van der Waals surface area contributed by atoms with Crippen LogP contribution in [0.2, 0.25) is 0 Å². The zero-order valence-electron chi connectivity index (χ0n) is 12.2. The highest BCUT2D eigenvalue weighted by Crippen LogP contribution is 2.21. The second-order valence-corrected chi connectivity index (χ2v) is 5.18. The van der Waals surface area contributed by atoms with Crippen LogP contribution in [-0.2, 0) is 11.3 Å². The van der Waals surface area contributed by atoms with E-state index in [9.17, 15) is 4.79 Å². The van der Waals surface area contributed by atoms with E-state index in [-0.39, 0.29) is 12.0 Å². The van der Waals surface area contributed by atoms with E-state index in [2.05, 4.69) is 17.6 Å². The van der Waals surface area contributed by atoms with Gasteiger partial charge in [0.15, 0.2) is 6.10 Å². The van der Waals surface area contributed by atoms with Crippen molar-refractivity contribution < 1.29 is 9.53 Å². The molecular weight excluding hydrogens is 252 g/mol. The van der Waals surface area contributed by atoms with E-state index in [1.54, 1.807) is 0 Å². The van der Waals surface area contributed by atoms with E-state index >= 15 is 0 Å². The van der Waals surface area contributed by atoms with Crippen molar-refractivity contribution in [2.45, 2.75) is 45.3 Å². The Hall–Kier alpha value is -1.55. The third-order valence-electron chi connectivity index (χ3n) is 3.47. The Labute approximate surface area is 120 Å². The highest BCUT2D eigenvalue weighted by Gasteiger charge is 2.22. The van der Waals surface area contributed by atoms with Crippen LogP contribution in [0.25, 0.3) is 0 Å². The number of carbonyl (C=O) groups is 1. The Morgan fingerprint density at radius 2 is 2.20 bits per heavy atom. The third kappa shape index (κ3) is 4.23. The number of hydrogen-bond donors (Lipinski definition) is 2. The van der Waals surface area contributed by atoms with Gasteiger partial charge in [-0.3, -0.25) is 4.79 Å². The standard InChI is InChI=1S/C16H24N2O2/c1-2-10-17-12-13-7-3-4-8-14(13)20-15-9-5-6-11-18-16(15)19/h3-4,7-8,15,17H,2,5-6,9-12H2,1H3,(H,18,19). The van der Waals surface area contributed by atoms with Gasteiger partial charge in [0.2, 0.25) is 0 Å². The van der Waals surface area contributed by atoms with Gasteiger partial charge in [-0.15, -0.1) is 0 Å². The van der Waals surface area contributed by atoms with E-state index in [0.29, 0.717) is 0 Å². The quantitative estimate of drug-likeness (QED) is 0.783. The van der Waals surface area contributed by atoms with Crippen LogP contribution in [0.3, 0.4) is 0 Å². The molecule has 1 aliphatic rings. The Morgan fingerprint density at radius 3 is 3.05 bits per heavy atom. The Balaban J connectivity index is 2.01. The van der Waals surface area contributed by atoms with Crippen LogP contribution < -0.4 is 15.4 Å². The Morgan fingerprint density at radius 1 is 1.35 bits per heavy atom. The third-order valence-corrected chi connectivity index (χ3v) is 3.47. The second-order valence-electron chi connectivity index (χ2n) is 5.18. The fraction of sp³-hybridized carbons (Fsp3) is 0.562. The summed E-state index contributed by atoms with van der Waals surface area (Å²) in [5.74, 6) is 0.831. The van der Waals surface area contributed by atoms with Crippen molar-refractivity contribution in [3.63, 3.8) is 0 Å². The fourth-order valence-electron chi connectivity index (χ4n) is 2.34. The molecule has 2 rings (SSSR count). The molecule has 4 heteroatoms. The van der Waals surface area contributed by atoms with Crippen LogP contribution in [-0.4, -0.2) is 25.1 Å². The lowest BCUT2D eigenvalue weighted by molar-refractivity contribution is -0.127. The van der Waals surface area contributed by atoms with Crippen molar-refractivity contribution in [3.05, 3.63) is 29.8 Å². The molecule has 1 aliphatic heterocycles. The predicted molar refractivity (Wildman–Crippen MR) is 79.7 cm³/mol. The maximum absolute atomic E-state index is 11.9. The van der Waals surface area contributed by atoms with Crippen molar-refractivity contribution in [1.82, 2.24) is 10.6 Å². The number of carbonyl (C=O) groups excluding carboxylic acids is 1. The fourth-order valence-corrected chi connectivity index (χ4v) is 2.34. The lowest BCUT2D eigenvalue weighted by atomic mass is 10.1. The maximum atomic E-state index is 11.9. The van der Waals surface area contributed by atoms with Gasteiger partial charge in [-0.2, -0.15) is 0 Å². The molecule has 20 heavy (non-hydrogen) atoms. The van der Waals surface area contributed by atoms with Gasteiger partial charge in [-0.25, -0.2) is 0 Å². The summed E-state index contributed by atoms with van der Waals surface area (Å²) in [5, 5.41) is 6.28. The summed E-state index contributed by atoms with van der Waals surface area (Å²) in [6, 6.07) is 7.95. The predicted octanol–water partition coefficient (Wildman–Crippen LogP) is 2.23. The summed E-state index contributed by atoms with van der Waals surface area (Å²) < 4.78 is 5.96. The minimum atomic E-state index is -0.357. The SMILES string of the molecule is CCCNCc1ccccc1OC1CCCCNC1=O. The number of benzene rings is 1. The van der Waals surface area contributed by atoms with Gasteiger partial charge in [0.1, 0.15) is 5.75 Å². The minimum Gasteiger partial charge on any atom is -0.480 e. The number of ether oxygens (including phenoxy) is 1. The van der Waals surface area contributed by atoms with E-state index < -0.39 is 0 Å². The van der Waals surface area contributed by atoms with Crippen LogP contribution in [0.15, 0.2) is 24.3 Å². The largest absolute Gasteiger partial charge is 0.480 e. The molecule has 1 saturated heterocycles. The molecule has 1 amide bonds. The molecule has 0 bridgehead atoms. The van der Waals surface area contributed by atoms with Gasteiger partial charge in [0.05, 0.1) is 0 Å². The summed E-state index contributed by atoms with van der Waals surface area (Å²) in [7, 11) is 0. The molecule has 1 fully saturated rings. The number of nitrogens with one attached hydrogen (secondary N) is 2. The summed E-state index contributed by atoms with van der Waals surface area (Å²) in [5.41, 5.74) is 1.11. The minimum absolute atomic E-state index is 0.0128. The van der Waals surface area contributed by atoms with Crippen LogP contribution in [0.5, 0.6) is 5.75 Å². The van der Waals surface area contributed by atoms with Gasteiger partial charge in [-0.1, -0.05) is 25.1 Å². The van der Waals surface area contributed by atoms with Crippen molar-refractivity contribution in [3.8, 4) is 5.75 Å². The van der Waals surface area contributed by atoms with Crippen LogP contribution in [0.4, 0.5) is 0 Å². The first-order valence-corrected chi connectivity index (χ1v) is 7.54. The zero-order chi connectivity index (χ0) is 14.2. The molecular formula is C16H24N2O2. The molecule has 4 nitrogen and oxygen atoms in total. The molecule has 0 saturated carbocycles. The van der Waals surface area contributed by atoms with Crippen molar-refractivity contribution >= 4 is 5.91 Å². The van der Waals surface area contributed by atoms with E-state index in [4.69, 9.17) is 4.74 Å². The average Bonchev–Trinajstić information content (AvgIpc) is 2.66. The number of amides is 1. The zero-order valence-corrected chi connectivity index (χ0v) is 12.2. The first-order chi connectivity index (χ1) is 9.81. The van der Waals surface area contributed by atoms with E-state index in [1.807, 2.05) is 24.3 Å². The van der Waals surface area contributed by atoms with Gasteiger partial charge in [0.25, 0.3) is 5.91 Å². The van der Waals surface area contributed by atoms with Crippen LogP contribution in [0, 0.1) is 0 Å². The molecule has 2 N–H and O–H groups in total. The molecule has 1 aromatic carbocycles. The number of hydrogen-bond acceptors (Lipinski definition) is 3. The van der Waals surface area contributed by atoms with Gasteiger partial charge in [0, 0.05) is 18.7 Å². The average molecular weight is 276 g/mol. The van der Waals surface area contributed by atoms with Crippen LogP contribution in [0.1, 0.15) is 38.2 Å². The first-order valence-electron chi connectivity index (χ1n) is 7.54. The highest BCUT2D eigenvalue weighted by molar-refractivity contribution is 5.81. The molecule has 0 spiro atoms. The monoisotopic (exact) mass is 276 g/mol. The molecule has 110 valence electrons. The molecule has 1 heterocycles. The molecule has 0 aliphatic carbocycles. The summed E-state index contributed by atoms with van der Waals surface area (Å²) in [6.07, 6.45) is 3.60. The lowest BCUT2D eigenvalue weighted by Gasteiger charge is -2.18. The van der Waals surface area contributed by atoms with E-state index in [1.165, 1.54) is 0 Å². The molecule has 1 unspecified atom stereocenters. The van der Waals surface area contributed by atoms with Crippen molar-refractivity contribution in [2.24, 2.45) is 0 Å². The number of para-hydroxylation sites is 1. The van der Waals surface area contributed by atoms with Crippen molar-refractivity contribution in [2.75, 3.05) is 13.1 Å². The first kappa shape index (κ1) is 14.9. The summed E-state index contributed by atoms with van der Waals surface area (Å²) in [6.45, 7) is 4.67. The topological polar surface area (TPSA) is 50.4 Å². The van der Waals surface area contributed by atoms with Gasteiger partial charge < -0.3 is 15.4 Å². The summed E-state index contributed by atoms with van der Waals surface area (Å²) in [4.78, 5) is 11.9. The van der Waals surface area contributed by atoms with Gasteiger partial charge >= 0.3 is 0 Å². The van der Waals surface area contributed by atoms with E-state index in [0.717, 1.165) is 56.6 Å². The molecule has 0 aromatic heterocycles. The molecule has 1 aromatic rings. The van der Waals surface area contributed by atoms with Crippen LogP contribution >= 0.6 is 0 Å². The second kappa shape index (κ2) is 7.90. The molecule has 1 atom stereocenters. The Kier molecular flexibility index (Phi) is 5.87. The smallest absolute Gasteiger partial charge is 0.261 e. The van der Waals surface area contributed by atoms with Crippen molar-refractivity contribution in [1.29, 1.82) is 0 Å². The lowest BCUT2D eigenvalue weighted by Crippen LogP contribution is -2.36. The summed E-state index contributed by atoms with van der Waals surface area (Å²) >= 11 is 0.